The number of ether oxygens (including phenoxy) is 1. The van der Waals surface area contributed by atoms with Gasteiger partial charge in [0, 0.05) is 25.2 Å². The minimum absolute atomic E-state index is 0.0264. The molecule has 1 saturated heterocycles. The summed E-state index contributed by atoms with van der Waals surface area (Å²) in [5.74, 6) is -0.150. The molecular formula is C23H22FN7O2. The van der Waals surface area contributed by atoms with Crippen LogP contribution in [-0.2, 0) is 4.79 Å². The van der Waals surface area contributed by atoms with E-state index in [1.807, 2.05) is 6.07 Å². The first-order chi connectivity index (χ1) is 16.0. The van der Waals surface area contributed by atoms with E-state index in [1.165, 1.54) is 24.5 Å². The molecule has 0 unspecified atom stereocenters. The molecule has 1 atom stereocenters. The van der Waals surface area contributed by atoms with Gasteiger partial charge in [-0.2, -0.15) is 9.37 Å². The predicted octanol–water partition coefficient (Wildman–Crippen LogP) is 3.00. The first kappa shape index (κ1) is 21.9. The van der Waals surface area contributed by atoms with Gasteiger partial charge in [-0.25, -0.2) is 9.97 Å². The van der Waals surface area contributed by atoms with E-state index in [9.17, 15) is 9.18 Å². The van der Waals surface area contributed by atoms with Crippen LogP contribution < -0.4 is 15.8 Å². The summed E-state index contributed by atoms with van der Waals surface area (Å²) in [4.78, 5) is 25.5. The van der Waals surface area contributed by atoms with E-state index in [0.29, 0.717) is 25.3 Å². The predicted molar refractivity (Wildman–Crippen MR) is 122 cm³/mol. The molecule has 9 nitrogen and oxygen atoms in total. The Morgan fingerprint density at radius 2 is 2.06 bits per heavy atom. The van der Waals surface area contributed by atoms with Crippen molar-refractivity contribution >= 4 is 23.3 Å². The number of anilines is 2. The standard InChI is InChI=1S/C23H22FN7O2/c1-2-18(32)31-11-10-14(12-31)29-23-19(22(26)27-13-28-23)20(25)16-8-9-17(30-21(16)24)33-15-6-4-3-5-7-15/h2-9,13-14,25H,1,10-12H2,(H3,26,27,28,29)/t14-/m1/s1. The van der Waals surface area contributed by atoms with Crippen molar-refractivity contribution in [2.24, 2.45) is 0 Å². The zero-order valence-electron chi connectivity index (χ0n) is 17.7. The summed E-state index contributed by atoms with van der Waals surface area (Å²) in [5.41, 5.74) is 5.90. The Morgan fingerprint density at radius 3 is 2.79 bits per heavy atom. The molecule has 1 amide bonds. The Morgan fingerprint density at radius 1 is 1.27 bits per heavy atom. The maximum Gasteiger partial charge on any atom is 0.246 e. The zero-order valence-corrected chi connectivity index (χ0v) is 17.7. The Kier molecular flexibility index (Phi) is 6.25. The largest absolute Gasteiger partial charge is 0.439 e. The second-order valence-corrected chi connectivity index (χ2v) is 7.38. The van der Waals surface area contributed by atoms with Crippen LogP contribution in [-0.4, -0.2) is 50.6 Å². The number of aromatic nitrogens is 3. The number of halogens is 1. The molecule has 1 fully saturated rings. The maximum atomic E-state index is 14.8. The highest BCUT2D eigenvalue weighted by atomic mass is 19.1. The number of nitrogens with two attached hydrogens (primary N) is 1. The molecule has 0 spiro atoms. The number of amides is 1. The monoisotopic (exact) mass is 447 g/mol. The van der Waals surface area contributed by atoms with E-state index >= 15 is 0 Å². The fraction of sp³-hybridized carbons (Fsp3) is 0.174. The summed E-state index contributed by atoms with van der Waals surface area (Å²) >= 11 is 0. The molecule has 168 valence electrons. The number of likely N-dealkylation sites (tertiary alicyclic amines) is 1. The lowest BCUT2D eigenvalue weighted by atomic mass is 10.0. The summed E-state index contributed by atoms with van der Waals surface area (Å²) in [6.45, 7) is 4.52. The Labute approximate surface area is 189 Å². The number of nitrogen functional groups attached to an aromatic ring is 1. The Balaban J connectivity index is 1.56. The number of para-hydroxylation sites is 1. The molecule has 0 radical (unpaired) electrons. The average Bonchev–Trinajstić information content (AvgIpc) is 3.27. The number of hydrogen-bond acceptors (Lipinski definition) is 8. The van der Waals surface area contributed by atoms with Crippen LogP contribution in [0.25, 0.3) is 0 Å². The number of nitrogens with zero attached hydrogens (tertiary/aromatic N) is 4. The first-order valence-electron chi connectivity index (χ1n) is 10.2. The minimum atomic E-state index is -0.883. The normalized spacial score (nSPS) is 15.2. The van der Waals surface area contributed by atoms with Crippen molar-refractivity contribution in [2.75, 3.05) is 24.1 Å². The SMILES string of the molecule is C=CC(=O)N1CC[C@@H](Nc2ncnc(N)c2C(=N)c2ccc(Oc3ccccc3)nc2F)C1. The lowest BCUT2D eigenvalue weighted by Crippen LogP contribution is -2.31. The van der Waals surface area contributed by atoms with Crippen molar-refractivity contribution in [1.29, 1.82) is 5.41 Å². The van der Waals surface area contributed by atoms with Gasteiger partial charge in [-0.3, -0.25) is 10.2 Å². The second-order valence-electron chi connectivity index (χ2n) is 7.38. The molecule has 33 heavy (non-hydrogen) atoms. The fourth-order valence-electron chi connectivity index (χ4n) is 3.56. The zero-order chi connectivity index (χ0) is 23.4. The van der Waals surface area contributed by atoms with Gasteiger partial charge < -0.3 is 20.7 Å². The van der Waals surface area contributed by atoms with Gasteiger partial charge in [0.2, 0.25) is 17.7 Å². The number of benzene rings is 1. The second kappa shape index (κ2) is 9.43. The quantitative estimate of drug-likeness (QED) is 0.288. The third-order valence-corrected chi connectivity index (χ3v) is 5.20. The molecule has 0 bridgehead atoms. The number of nitrogens with one attached hydrogen (secondary N) is 2. The molecular weight excluding hydrogens is 425 g/mol. The van der Waals surface area contributed by atoms with Gasteiger partial charge in [0.15, 0.2) is 0 Å². The van der Waals surface area contributed by atoms with Crippen molar-refractivity contribution in [2.45, 2.75) is 12.5 Å². The molecule has 2 aromatic heterocycles. The van der Waals surface area contributed by atoms with Crippen LogP contribution in [0.1, 0.15) is 17.5 Å². The number of carbonyl (C=O) groups excluding carboxylic acids is 1. The lowest BCUT2D eigenvalue weighted by molar-refractivity contribution is -0.125. The third-order valence-electron chi connectivity index (χ3n) is 5.20. The molecule has 1 aliphatic heterocycles. The number of rotatable bonds is 7. The smallest absolute Gasteiger partial charge is 0.246 e. The highest BCUT2D eigenvalue weighted by Crippen LogP contribution is 2.26. The molecule has 1 aliphatic rings. The summed E-state index contributed by atoms with van der Waals surface area (Å²) in [6.07, 6.45) is 3.21. The maximum absolute atomic E-state index is 14.8. The topological polar surface area (TPSA) is 130 Å². The summed E-state index contributed by atoms with van der Waals surface area (Å²) < 4.78 is 20.4. The molecule has 3 aromatic rings. The molecule has 10 heteroatoms. The average molecular weight is 447 g/mol. The van der Waals surface area contributed by atoms with Gasteiger partial charge >= 0.3 is 0 Å². The Bertz CT molecular complexity index is 1200. The van der Waals surface area contributed by atoms with Crippen LogP contribution in [0, 0.1) is 11.4 Å². The van der Waals surface area contributed by atoms with Crippen molar-refractivity contribution in [3.8, 4) is 11.6 Å². The summed E-state index contributed by atoms with van der Waals surface area (Å²) in [6, 6.07) is 11.6. The van der Waals surface area contributed by atoms with Gasteiger partial charge in [-0.15, -0.1) is 0 Å². The third kappa shape index (κ3) is 4.79. The van der Waals surface area contributed by atoms with Crippen LogP contribution in [0.5, 0.6) is 11.6 Å². The molecule has 3 heterocycles. The van der Waals surface area contributed by atoms with Crippen LogP contribution in [0.2, 0.25) is 0 Å². The molecule has 4 rings (SSSR count). The highest BCUT2D eigenvalue weighted by Gasteiger charge is 2.27. The van der Waals surface area contributed by atoms with Crippen molar-refractivity contribution in [3.63, 3.8) is 0 Å². The number of carbonyl (C=O) groups is 1. The van der Waals surface area contributed by atoms with Crippen LogP contribution in [0.15, 0.2) is 61.4 Å². The molecule has 4 N–H and O–H groups in total. The van der Waals surface area contributed by atoms with Crippen LogP contribution in [0.3, 0.4) is 0 Å². The van der Waals surface area contributed by atoms with E-state index in [4.69, 9.17) is 15.9 Å². The molecule has 0 aliphatic carbocycles. The highest BCUT2D eigenvalue weighted by molar-refractivity contribution is 6.16. The Hall–Kier alpha value is -4.34. The van der Waals surface area contributed by atoms with Crippen molar-refractivity contribution in [3.05, 3.63) is 78.5 Å². The van der Waals surface area contributed by atoms with E-state index in [1.54, 1.807) is 29.2 Å². The fourth-order valence-corrected chi connectivity index (χ4v) is 3.56. The first-order valence-corrected chi connectivity index (χ1v) is 10.2. The van der Waals surface area contributed by atoms with Gasteiger partial charge in [0.1, 0.15) is 23.7 Å². The van der Waals surface area contributed by atoms with Gasteiger partial charge in [0.05, 0.1) is 16.8 Å². The molecule has 0 saturated carbocycles. The minimum Gasteiger partial charge on any atom is -0.439 e. The van der Waals surface area contributed by atoms with Crippen LogP contribution in [0.4, 0.5) is 16.0 Å². The number of hydrogen-bond donors (Lipinski definition) is 3. The van der Waals surface area contributed by atoms with Crippen LogP contribution >= 0.6 is 0 Å². The van der Waals surface area contributed by atoms with E-state index in [-0.39, 0.29) is 46.3 Å². The van der Waals surface area contributed by atoms with Crippen molar-refractivity contribution < 1.29 is 13.9 Å². The van der Waals surface area contributed by atoms with E-state index in [0.717, 1.165) is 0 Å². The van der Waals surface area contributed by atoms with E-state index < -0.39 is 5.95 Å². The summed E-state index contributed by atoms with van der Waals surface area (Å²) in [7, 11) is 0. The molecule has 1 aromatic carbocycles. The van der Waals surface area contributed by atoms with E-state index in [2.05, 4.69) is 26.8 Å². The van der Waals surface area contributed by atoms with Gasteiger partial charge in [-0.05, 0) is 30.7 Å². The lowest BCUT2D eigenvalue weighted by Gasteiger charge is -2.18. The number of pyridine rings is 1. The van der Waals surface area contributed by atoms with Gasteiger partial charge in [-0.1, -0.05) is 24.8 Å². The van der Waals surface area contributed by atoms with Gasteiger partial charge in [0.25, 0.3) is 0 Å². The van der Waals surface area contributed by atoms with Crippen molar-refractivity contribution in [1.82, 2.24) is 19.9 Å². The summed E-state index contributed by atoms with van der Waals surface area (Å²) in [5, 5.41) is 11.8.